The van der Waals surface area contributed by atoms with E-state index in [1.165, 1.54) is 5.56 Å². The summed E-state index contributed by atoms with van der Waals surface area (Å²) in [5.41, 5.74) is 3.92. The number of fused-ring (bicyclic) bond motifs is 1. The van der Waals surface area contributed by atoms with Gasteiger partial charge in [0.1, 0.15) is 11.5 Å². The van der Waals surface area contributed by atoms with Crippen LogP contribution in [0.2, 0.25) is 0 Å². The predicted octanol–water partition coefficient (Wildman–Crippen LogP) is 4.75. The second-order valence-electron chi connectivity index (χ2n) is 7.21. The largest absolute Gasteiger partial charge is 0.497 e. The van der Waals surface area contributed by atoms with Gasteiger partial charge in [-0.3, -0.25) is 9.36 Å². The van der Waals surface area contributed by atoms with Gasteiger partial charge in [0.2, 0.25) is 5.88 Å². The van der Waals surface area contributed by atoms with Crippen molar-refractivity contribution < 1.29 is 9.47 Å². The third-order valence-electron chi connectivity index (χ3n) is 5.18. The van der Waals surface area contributed by atoms with Gasteiger partial charge in [0, 0.05) is 18.7 Å². The maximum absolute atomic E-state index is 13.3. The number of aromatic nitrogens is 2. The minimum absolute atomic E-state index is 0.0168. The molecule has 1 aromatic heterocycles. The highest BCUT2D eigenvalue weighted by Crippen LogP contribution is 2.30. The Bertz CT molecular complexity index is 1090. The lowest BCUT2D eigenvalue weighted by Crippen LogP contribution is -2.29. The Hall–Kier alpha value is -2.73. The van der Waals surface area contributed by atoms with Gasteiger partial charge < -0.3 is 9.47 Å². The molecule has 0 unspecified atom stereocenters. The Morgan fingerprint density at radius 1 is 1.07 bits per heavy atom. The molecule has 0 fully saturated rings. The molecule has 6 heteroatoms. The standard InChI is InChI=1S/C23H24N2O3S/c1-15-5-8-19(13-16(15)2)28-21-20(14-17-6-9-18(27-3)10-7-17)22(26)25-11-4-12-29-23(25)24-21/h5-10,13H,4,11-12,14H2,1-3H3. The first-order valence-electron chi connectivity index (χ1n) is 9.69. The highest BCUT2D eigenvalue weighted by Gasteiger charge is 2.21. The van der Waals surface area contributed by atoms with Gasteiger partial charge in [-0.05, 0) is 61.2 Å². The fourth-order valence-corrected chi connectivity index (χ4v) is 4.26. The van der Waals surface area contributed by atoms with E-state index in [-0.39, 0.29) is 5.56 Å². The zero-order valence-electron chi connectivity index (χ0n) is 16.9. The molecule has 29 heavy (non-hydrogen) atoms. The van der Waals surface area contributed by atoms with Crippen LogP contribution in [0.5, 0.6) is 17.4 Å². The number of benzene rings is 2. The molecule has 1 aliphatic rings. The Morgan fingerprint density at radius 2 is 1.83 bits per heavy atom. The fraction of sp³-hybridized carbons (Fsp3) is 0.304. The van der Waals surface area contributed by atoms with E-state index in [0.717, 1.165) is 34.2 Å². The third kappa shape index (κ3) is 4.17. The molecule has 0 aliphatic carbocycles. The number of hydrogen-bond acceptors (Lipinski definition) is 5. The summed E-state index contributed by atoms with van der Waals surface area (Å²) in [6.45, 7) is 4.81. The molecule has 3 aromatic rings. The summed E-state index contributed by atoms with van der Waals surface area (Å²) >= 11 is 1.61. The quantitative estimate of drug-likeness (QED) is 0.571. The van der Waals surface area contributed by atoms with Gasteiger partial charge in [-0.15, -0.1) is 0 Å². The number of nitrogens with zero attached hydrogens (tertiary/aromatic N) is 2. The van der Waals surface area contributed by atoms with Gasteiger partial charge in [-0.1, -0.05) is 30.0 Å². The minimum atomic E-state index is -0.0168. The summed E-state index contributed by atoms with van der Waals surface area (Å²) in [6, 6.07) is 13.7. The van der Waals surface area contributed by atoms with Crippen LogP contribution in [-0.4, -0.2) is 22.4 Å². The predicted molar refractivity (Wildman–Crippen MR) is 116 cm³/mol. The molecule has 150 valence electrons. The Labute approximate surface area is 174 Å². The second-order valence-corrected chi connectivity index (χ2v) is 8.27. The van der Waals surface area contributed by atoms with E-state index < -0.39 is 0 Å². The van der Waals surface area contributed by atoms with Crippen LogP contribution in [0, 0.1) is 13.8 Å². The first-order valence-corrected chi connectivity index (χ1v) is 10.7. The van der Waals surface area contributed by atoms with E-state index in [1.54, 1.807) is 23.4 Å². The molecule has 0 N–H and O–H groups in total. The van der Waals surface area contributed by atoms with Crippen LogP contribution in [0.1, 0.15) is 28.7 Å². The molecule has 0 spiro atoms. The summed E-state index contributed by atoms with van der Waals surface area (Å²) < 4.78 is 13.2. The van der Waals surface area contributed by atoms with Crippen LogP contribution in [0.4, 0.5) is 0 Å². The van der Waals surface area contributed by atoms with Crippen molar-refractivity contribution in [3.8, 4) is 17.4 Å². The van der Waals surface area contributed by atoms with Gasteiger partial charge in [-0.2, -0.15) is 4.98 Å². The number of thioether (sulfide) groups is 1. The molecule has 2 heterocycles. The SMILES string of the molecule is COc1ccc(Cc2c(Oc3ccc(C)c(C)c3)nc3n(c2=O)CCCS3)cc1. The third-order valence-corrected chi connectivity index (χ3v) is 6.24. The summed E-state index contributed by atoms with van der Waals surface area (Å²) in [6.07, 6.45) is 1.43. The van der Waals surface area contributed by atoms with Gasteiger partial charge in [0.15, 0.2) is 5.16 Å². The van der Waals surface area contributed by atoms with E-state index in [9.17, 15) is 4.79 Å². The fourth-order valence-electron chi connectivity index (χ4n) is 3.32. The molecule has 4 rings (SSSR count). The van der Waals surface area contributed by atoms with E-state index in [1.807, 2.05) is 49.4 Å². The Morgan fingerprint density at radius 3 is 2.55 bits per heavy atom. The van der Waals surface area contributed by atoms with Crippen molar-refractivity contribution in [1.29, 1.82) is 0 Å². The maximum atomic E-state index is 13.3. The zero-order valence-corrected chi connectivity index (χ0v) is 17.7. The summed E-state index contributed by atoms with van der Waals surface area (Å²) in [7, 11) is 1.64. The molecule has 2 aromatic carbocycles. The maximum Gasteiger partial charge on any atom is 0.261 e. The Kier molecular flexibility index (Phi) is 5.62. The molecule has 0 saturated heterocycles. The van der Waals surface area contributed by atoms with Crippen molar-refractivity contribution >= 4 is 11.8 Å². The smallest absolute Gasteiger partial charge is 0.261 e. The van der Waals surface area contributed by atoms with Gasteiger partial charge in [0.25, 0.3) is 5.56 Å². The summed E-state index contributed by atoms with van der Waals surface area (Å²) in [4.78, 5) is 18.0. The minimum Gasteiger partial charge on any atom is -0.497 e. The first kappa shape index (κ1) is 19.6. The number of hydrogen-bond donors (Lipinski definition) is 0. The molecule has 5 nitrogen and oxygen atoms in total. The van der Waals surface area contributed by atoms with Crippen molar-refractivity contribution in [1.82, 2.24) is 9.55 Å². The average molecular weight is 409 g/mol. The summed E-state index contributed by atoms with van der Waals surface area (Å²) in [5.74, 6) is 2.85. The topological polar surface area (TPSA) is 53.4 Å². The van der Waals surface area contributed by atoms with Gasteiger partial charge in [-0.25, -0.2) is 0 Å². The normalized spacial score (nSPS) is 13.1. The summed E-state index contributed by atoms with van der Waals surface area (Å²) in [5, 5.41) is 0.735. The van der Waals surface area contributed by atoms with E-state index in [2.05, 4.69) is 6.92 Å². The Balaban J connectivity index is 1.76. The molecular formula is C23H24N2O3S. The van der Waals surface area contributed by atoms with Crippen LogP contribution >= 0.6 is 11.8 Å². The van der Waals surface area contributed by atoms with Crippen molar-refractivity contribution in [3.05, 3.63) is 75.1 Å². The second kappa shape index (κ2) is 8.33. The van der Waals surface area contributed by atoms with Crippen LogP contribution in [0.15, 0.2) is 52.4 Å². The molecular weight excluding hydrogens is 384 g/mol. The molecule has 0 bridgehead atoms. The lowest BCUT2D eigenvalue weighted by Gasteiger charge is -2.20. The van der Waals surface area contributed by atoms with Crippen molar-refractivity contribution in [2.75, 3.05) is 12.9 Å². The van der Waals surface area contributed by atoms with E-state index >= 15 is 0 Å². The lowest BCUT2D eigenvalue weighted by atomic mass is 10.1. The number of aryl methyl sites for hydroxylation is 2. The number of rotatable bonds is 5. The van der Waals surface area contributed by atoms with E-state index in [0.29, 0.717) is 30.2 Å². The van der Waals surface area contributed by atoms with Gasteiger partial charge in [0.05, 0.1) is 12.7 Å². The molecule has 0 atom stereocenters. The monoisotopic (exact) mass is 408 g/mol. The van der Waals surface area contributed by atoms with Crippen LogP contribution in [0.25, 0.3) is 0 Å². The average Bonchev–Trinajstić information content (AvgIpc) is 2.74. The molecule has 0 amide bonds. The highest BCUT2D eigenvalue weighted by atomic mass is 32.2. The van der Waals surface area contributed by atoms with Crippen molar-refractivity contribution in [3.63, 3.8) is 0 Å². The number of methoxy groups -OCH3 is 1. The highest BCUT2D eigenvalue weighted by molar-refractivity contribution is 7.99. The lowest BCUT2D eigenvalue weighted by molar-refractivity contribution is 0.414. The van der Waals surface area contributed by atoms with Crippen LogP contribution < -0.4 is 15.0 Å². The molecule has 0 radical (unpaired) electrons. The first-order chi connectivity index (χ1) is 14.0. The van der Waals surface area contributed by atoms with Gasteiger partial charge >= 0.3 is 0 Å². The number of ether oxygens (including phenoxy) is 2. The molecule has 0 saturated carbocycles. The molecule has 1 aliphatic heterocycles. The van der Waals surface area contributed by atoms with Crippen molar-refractivity contribution in [2.45, 2.75) is 38.4 Å². The van der Waals surface area contributed by atoms with Crippen molar-refractivity contribution in [2.24, 2.45) is 0 Å². The zero-order chi connectivity index (χ0) is 20.4. The van der Waals surface area contributed by atoms with Crippen LogP contribution in [0.3, 0.4) is 0 Å². The van der Waals surface area contributed by atoms with Crippen LogP contribution in [-0.2, 0) is 13.0 Å². The van der Waals surface area contributed by atoms with E-state index in [4.69, 9.17) is 14.5 Å².